The Hall–Kier alpha value is -3.51. The fourth-order valence-electron chi connectivity index (χ4n) is 3.02. The first-order valence-electron chi connectivity index (χ1n) is 7.63. The lowest BCUT2D eigenvalue weighted by Gasteiger charge is -2.24. The van der Waals surface area contributed by atoms with Gasteiger partial charge in [-0.15, -0.1) is 0 Å². The van der Waals surface area contributed by atoms with Crippen LogP contribution < -0.4 is 5.43 Å². The van der Waals surface area contributed by atoms with Crippen molar-refractivity contribution in [2.75, 3.05) is 0 Å². The van der Waals surface area contributed by atoms with Gasteiger partial charge in [-0.25, -0.2) is 9.82 Å². The lowest BCUT2D eigenvalue weighted by Crippen LogP contribution is -2.33. The number of carbonyl (C=O) groups excluding carboxylic acids is 1. The number of nitrogens with one attached hydrogen (secondary N) is 1. The largest absolute Gasteiger partial charge is 0.272 e. The van der Waals surface area contributed by atoms with Gasteiger partial charge in [0.15, 0.2) is 0 Å². The number of hydrazone groups is 1. The molecule has 2 atom stereocenters. The van der Waals surface area contributed by atoms with Crippen LogP contribution in [0.15, 0.2) is 59.7 Å². The smallest absolute Gasteiger partial charge is 0.250 e. The molecule has 2 aromatic rings. The van der Waals surface area contributed by atoms with Gasteiger partial charge in [0.1, 0.15) is 11.7 Å². The van der Waals surface area contributed by atoms with Crippen LogP contribution in [0.25, 0.3) is 0 Å². The van der Waals surface area contributed by atoms with Gasteiger partial charge < -0.3 is 0 Å². The Bertz CT molecular complexity index is 880. The topological polar surface area (TPSA) is 89.0 Å². The minimum absolute atomic E-state index is 0.385. The van der Waals surface area contributed by atoms with Crippen LogP contribution in [0, 0.1) is 40.3 Å². The molecule has 0 fully saturated rings. The van der Waals surface area contributed by atoms with Gasteiger partial charge in [-0.1, -0.05) is 42.5 Å². The molecule has 5 nitrogen and oxygen atoms in total. The number of nitriles is 2. The van der Waals surface area contributed by atoms with E-state index in [9.17, 15) is 19.7 Å². The number of halogens is 1. The molecule has 3 rings (SSSR count). The molecule has 0 aliphatic carbocycles. The van der Waals surface area contributed by atoms with Gasteiger partial charge in [0.25, 0.3) is 0 Å². The van der Waals surface area contributed by atoms with E-state index < -0.39 is 23.6 Å². The van der Waals surface area contributed by atoms with Crippen molar-refractivity contribution >= 4 is 11.6 Å². The number of carbonyl (C=O) groups is 1. The number of hydrogen-bond acceptors (Lipinski definition) is 4. The maximum atomic E-state index is 13.3. The minimum atomic E-state index is -1.08. The minimum Gasteiger partial charge on any atom is -0.272 e. The van der Waals surface area contributed by atoms with E-state index in [-0.39, 0.29) is 5.91 Å². The highest BCUT2D eigenvalue weighted by Crippen LogP contribution is 2.36. The van der Waals surface area contributed by atoms with Crippen molar-refractivity contribution in [2.24, 2.45) is 16.9 Å². The van der Waals surface area contributed by atoms with Crippen molar-refractivity contribution in [1.29, 1.82) is 10.5 Å². The highest BCUT2D eigenvalue weighted by molar-refractivity contribution is 6.16. The van der Waals surface area contributed by atoms with Crippen LogP contribution >= 0.6 is 0 Å². The Morgan fingerprint density at radius 1 is 1.04 bits per heavy atom. The van der Waals surface area contributed by atoms with Gasteiger partial charge in [-0.05, 0) is 23.3 Å². The van der Waals surface area contributed by atoms with Gasteiger partial charge in [0, 0.05) is 5.92 Å². The number of hydrogen-bond donors (Lipinski definition) is 1. The third-order valence-electron chi connectivity index (χ3n) is 4.18. The Morgan fingerprint density at radius 3 is 2.28 bits per heavy atom. The van der Waals surface area contributed by atoms with E-state index in [4.69, 9.17) is 0 Å². The molecular formula is C19H13FN4O. The molecule has 0 spiro atoms. The maximum absolute atomic E-state index is 13.3. The predicted molar refractivity (Wildman–Crippen MR) is 88.5 cm³/mol. The van der Waals surface area contributed by atoms with Crippen molar-refractivity contribution < 1.29 is 9.18 Å². The van der Waals surface area contributed by atoms with Crippen LogP contribution in [0.4, 0.5) is 4.39 Å². The Labute approximate surface area is 144 Å². The summed E-state index contributed by atoms with van der Waals surface area (Å²) in [5.41, 5.74) is 4.18. The van der Waals surface area contributed by atoms with Crippen molar-refractivity contribution in [1.82, 2.24) is 5.43 Å². The third-order valence-corrected chi connectivity index (χ3v) is 4.18. The van der Waals surface area contributed by atoms with Crippen LogP contribution in [0.5, 0.6) is 0 Å². The van der Waals surface area contributed by atoms with E-state index in [0.29, 0.717) is 11.3 Å². The molecule has 0 radical (unpaired) electrons. The van der Waals surface area contributed by atoms with Gasteiger partial charge in [-0.2, -0.15) is 15.6 Å². The lowest BCUT2D eigenvalue weighted by molar-refractivity contribution is -0.122. The molecule has 1 N–H and O–H groups in total. The van der Waals surface area contributed by atoms with Gasteiger partial charge in [0.05, 0.1) is 23.8 Å². The summed E-state index contributed by atoms with van der Waals surface area (Å²) in [5, 5.41) is 22.9. The first kappa shape index (κ1) is 16.4. The van der Waals surface area contributed by atoms with Crippen LogP contribution in [0.3, 0.4) is 0 Å². The summed E-state index contributed by atoms with van der Waals surface area (Å²) in [6.45, 7) is 0. The van der Waals surface area contributed by atoms with Crippen molar-refractivity contribution in [3.63, 3.8) is 0 Å². The number of rotatable bonds is 4. The van der Waals surface area contributed by atoms with E-state index in [2.05, 4.69) is 10.5 Å². The van der Waals surface area contributed by atoms with Crippen molar-refractivity contribution in [3.05, 3.63) is 71.5 Å². The Kier molecular flexibility index (Phi) is 4.54. The van der Waals surface area contributed by atoms with Crippen LogP contribution in [-0.2, 0) is 4.79 Å². The standard InChI is InChI=1S/C19H13FN4O/c20-15-8-6-12(7-9-15)16(14(10-21)11-22)17-18(23-24-19(17)25)13-4-2-1-3-5-13/h1-9,14,16-17H,(H,24,25). The molecule has 6 heteroatoms. The number of benzene rings is 2. The fraction of sp³-hybridized carbons (Fsp3) is 0.158. The quantitative estimate of drug-likeness (QED) is 0.933. The molecule has 2 unspecified atom stereocenters. The summed E-state index contributed by atoms with van der Waals surface area (Å²) >= 11 is 0. The highest BCUT2D eigenvalue weighted by atomic mass is 19.1. The normalized spacial score (nSPS) is 17.4. The van der Waals surface area contributed by atoms with Crippen molar-refractivity contribution in [2.45, 2.75) is 5.92 Å². The van der Waals surface area contributed by atoms with Gasteiger partial charge in [0.2, 0.25) is 5.91 Å². The molecule has 1 heterocycles. The molecule has 0 saturated carbocycles. The molecule has 0 aromatic heterocycles. The van der Waals surface area contributed by atoms with Gasteiger partial charge in [-0.3, -0.25) is 4.79 Å². The number of nitrogens with zero attached hydrogens (tertiary/aromatic N) is 3. The molecular weight excluding hydrogens is 319 g/mol. The van der Waals surface area contributed by atoms with Gasteiger partial charge >= 0.3 is 0 Å². The third kappa shape index (κ3) is 3.11. The second-order valence-corrected chi connectivity index (χ2v) is 5.63. The highest BCUT2D eigenvalue weighted by Gasteiger charge is 2.42. The molecule has 0 saturated heterocycles. The Balaban J connectivity index is 2.10. The Morgan fingerprint density at radius 2 is 1.68 bits per heavy atom. The monoisotopic (exact) mass is 332 g/mol. The van der Waals surface area contributed by atoms with Crippen LogP contribution in [-0.4, -0.2) is 11.6 Å². The number of amides is 1. The second kappa shape index (κ2) is 6.94. The molecule has 1 amide bonds. The van der Waals surface area contributed by atoms with E-state index >= 15 is 0 Å². The molecule has 0 bridgehead atoms. The van der Waals surface area contributed by atoms with Crippen molar-refractivity contribution in [3.8, 4) is 12.1 Å². The summed E-state index contributed by atoms with van der Waals surface area (Å²) < 4.78 is 13.3. The molecule has 2 aromatic carbocycles. The molecule has 1 aliphatic heterocycles. The van der Waals surface area contributed by atoms with E-state index in [0.717, 1.165) is 5.56 Å². The zero-order chi connectivity index (χ0) is 17.8. The zero-order valence-electron chi connectivity index (χ0n) is 13.1. The predicted octanol–water partition coefficient (Wildman–Crippen LogP) is 2.72. The summed E-state index contributed by atoms with van der Waals surface area (Å²) in [5.74, 6) is -3.45. The van der Waals surface area contributed by atoms with Crippen LogP contribution in [0.2, 0.25) is 0 Å². The average molecular weight is 332 g/mol. The fourth-order valence-corrected chi connectivity index (χ4v) is 3.02. The van der Waals surface area contributed by atoms with E-state index in [1.54, 1.807) is 0 Å². The molecule has 122 valence electrons. The maximum Gasteiger partial charge on any atom is 0.250 e. The van der Waals surface area contributed by atoms with Crippen LogP contribution in [0.1, 0.15) is 17.0 Å². The SMILES string of the molecule is N#CC(C#N)C(c1ccc(F)cc1)C1C(=O)NN=C1c1ccccc1. The van der Waals surface area contributed by atoms with E-state index in [1.807, 2.05) is 42.5 Å². The summed E-state index contributed by atoms with van der Waals surface area (Å²) in [6.07, 6.45) is 0. The molecule has 25 heavy (non-hydrogen) atoms. The lowest BCUT2D eigenvalue weighted by atomic mass is 9.74. The van der Waals surface area contributed by atoms with E-state index in [1.165, 1.54) is 24.3 Å². The summed E-state index contributed by atoms with van der Waals surface area (Å²) in [6, 6.07) is 18.5. The summed E-state index contributed by atoms with van der Waals surface area (Å²) in [7, 11) is 0. The average Bonchev–Trinajstić information content (AvgIpc) is 3.02. The second-order valence-electron chi connectivity index (χ2n) is 5.63. The first-order valence-corrected chi connectivity index (χ1v) is 7.63. The summed E-state index contributed by atoms with van der Waals surface area (Å²) in [4.78, 5) is 12.5. The zero-order valence-corrected chi connectivity index (χ0v) is 13.1. The molecule has 1 aliphatic rings. The first-order chi connectivity index (χ1) is 12.2.